The van der Waals surface area contributed by atoms with Crippen LogP contribution >= 0.6 is 11.8 Å². The van der Waals surface area contributed by atoms with E-state index < -0.39 is 0 Å². The second-order valence-electron chi connectivity index (χ2n) is 4.35. The summed E-state index contributed by atoms with van der Waals surface area (Å²) in [5, 5.41) is 3.47. The average molecular weight is 255 g/mol. The summed E-state index contributed by atoms with van der Waals surface area (Å²) in [4.78, 5) is 0. The Labute approximate surface area is 108 Å². The standard InChI is InChI=1S/C14H22FNS/c1-4-17-8-7-12(3)16-10-13-5-6-14(15)11(2)9-13/h5-6,9,12,16H,4,7-8,10H2,1-3H3. The van der Waals surface area contributed by atoms with Gasteiger partial charge in [0, 0.05) is 12.6 Å². The van der Waals surface area contributed by atoms with Crippen LogP contribution in [-0.4, -0.2) is 17.5 Å². The Morgan fingerprint density at radius 2 is 2.18 bits per heavy atom. The van der Waals surface area contributed by atoms with Crippen molar-refractivity contribution in [3.05, 3.63) is 35.1 Å². The summed E-state index contributed by atoms with van der Waals surface area (Å²) < 4.78 is 13.1. The Morgan fingerprint density at radius 1 is 1.41 bits per heavy atom. The van der Waals surface area contributed by atoms with Gasteiger partial charge < -0.3 is 5.32 Å². The topological polar surface area (TPSA) is 12.0 Å². The quantitative estimate of drug-likeness (QED) is 0.745. The molecule has 1 aromatic rings. The van der Waals surface area contributed by atoms with E-state index in [2.05, 4.69) is 19.2 Å². The zero-order chi connectivity index (χ0) is 12.7. The first-order valence-electron chi connectivity index (χ1n) is 6.19. The lowest BCUT2D eigenvalue weighted by atomic mass is 10.1. The summed E-state index contributed by atoms with van der Waals surface area (Å²) in [5.41, 5.74) is 1.87. The molecule has 0 heterocycles. The van der Waals surface area contributed by atoms with Gasteiger partial charge >= 0.3 is 0 Å². The molecule has 0 spiro atoms. The molecular formula is C14H22FNS. The summed E-state index contributed by atoms with van der Waals surface area (Å²) in [6.07, 6.45) is 1.18. The smallest absolute Gasteiger partial charge is 0.126 e. The number of thioether (sulfide) groups is 1. The van der Waals surface area contributed by atoms with E-state index in [9.17, 15) is 4.39 Å². The molecule has 3 heteroatoms. The zero-order valence-corrected chi connectivity index (χ0v) is 11.7. The highest BCUT2D eigenvalue weighted by atomic mass is 32.2. The second-order valence-corrected chi connectivity index (χ2v) is 5.74. The number of rotatable bonds is 7. The number of aryl methyl sites for hydroxylation is 1. The van der Waals surface area contributed by atoms with Gasteiger partial charge in [0.15, 0.2) is 0 Å². The van der Waals surface area contributed by atoms with Crippen LogP contribution in [0.25, 0.3) is 0 Å². The van der Waals surface area contributed by atoms with Gasteiger partial charge in [-0.15, -0.1) is 0 Å². The van der Waals surface area contributed by atoms with Crippen molar-refractivity contribution in [1.82, 2.24) is 5.32 Å². The molecule has 0 aliphatic heterocycles. The van der Waals surface area contributed by atoms with Gasteiger partial charge in [0.25, 0.3) is 0 Å². The summed E-state index contributed by atoms with van der Waals surface area (Å²) in [5.74, 6) is 2.26. The number of hydrogen-bond donors (Lipinski definition) is 1. The Balaban J connectivity index is 2.31. The highest BCUT2D eigenvalue weighted by molar-refractivity contribution is 7.99. The van der Waals surface area contributed by atoms with Gasteiger partial charge in [0.2, 0.25) is 0 Å². The van der Waals surface area contributed by atoms with Crippen LogP contribution in [0.2, 0.25) is 0 Å². The Hall–Kier alpha value is -0.540. The molecule has 1 rings (SSSR count). The van der Waals surface area contributed by atoms with E-state index >= 15 is 0 Å². The fourth-order valence-electron chi connectivity index (χ4n) is 1.62. The fourth-order valence-corrected chi connectivity index (χ4v) is 2.42. The first kappa shape index (κ1) is 14.5. The molecule has 1 aromatic carbocycles. The molecule has 0 bridgehead atoms. The van der Waals surface area contributed by atoms with Gasteiger partial charge in [0.05, 0.1) is 0 Å². The van der Waals surface area contributed by atoms with Crippen molar-refractivity contribution in [2.24, 2.45) is 0 Å². The number of halogens is 1. The van der Waals surface area contributed by atoms with Crippen molar-refractivity contribution in [3.63, 3.8) is 0 Å². The maximum absolute atomic E-state index is 13.1. The van der Waals surface area contributed by atoms with E-state index in [1.807, 2.05) is 23.9 Å². The summed E-state index contributed by atoms with van der Waals surface area (Å²) in [7, 11) is 0. The third-order valence-corrected chi connectivity index (χ3v) is 3.71. The van der Waals surface area contributed by atoms with Crippen LogP contribution in [0.4, 0.5) is 4.39 Å². The molecule has 96 valence electrons. The summed E-state index contributed by atoms with van der Waals surface area (Å²) >= 11 is 1.97. The normalized spacial score (nSPS) is 12.7. The lowest BCUT2D eigenvalue weighted by Gasteiger charge is -2.13. The minimum Gasteiger partial charge on any atom is -0.310 e. The van der Waals surface area contributed by atoms with E-state index in [4.69, 9.17) is 0 Å². The Morgan fingerprint density at radius 3 is 2.82 bits per heavy atom. The van der Waals surface area contributed by atoms with E-state index in [1.54, 1.807) is 13.0 Å². The lowest BCUT2D eigenvalue weighted by Crippen LogP contribution is -2.26. The van der Waals surface area contributed by atoms with Crippen molar-refractivity contribution in [2.75, 3.05) is 11.5 Å². The number of nitrogens with one attached hydrogen (secondary N) is 1. The molecular weight excluding hydrogens is 233 g/mol. The van der Waals surface area contributed by atoms with E-state index in [0.29, 0.717) is 6.04 Å². The van der Waals surface area contributed by atoms with Crippen LogP contribution in [0.15, 0.2) is 18.2 Å². The maximum atomic E-state index is 13.1. The Kier molecular flexibility index (Phi) is 6.60. The number of benzene rings is 1. The predicted octanol–water partition coefficient (Wildman–Crippen LogP) is 3.76. The van der Waals surface area contributed by atoms with Crippen LogP contribution in [-0.2, 0) is 6.54 Å². The van der Waals surface area contributed by atoms with Crippen molar-refractivity contribution >= 4 is 11.8 Å². The summed E-state index contributed by atoms with van der Waals surface area (Å²) in [6.45, 7) is 7.01. The average Bonchev–Trinajstić information content (AvgIpc) is 2.31. The SMILES string of the molecule is CCSCCC(C)NCc1ccc(F)c(C)c1. The molecule has 1 N–H and O–H groups in total. The van der Waals surface area contributed by atoms with Crippen LogP contribution in [0.1, 0.15) is 31.4 Å². The minimum atomic E-state index is -0.124. The van der Waals surface area contributed by atoms with Gasteiger partial charge in [-0.25, -0.2) is 4.39 Å². The minimum absolute atomic E-state index is 0.124. The molecule has 0 amide bonds. The van der Waals surface area contributed by atoms with E-state index in [-0.39, 0.29) is 5.82 Å². The molecule has 0 aliphatic carbocycles. The molecule has 0 saturated heterocycles. The first-order chi connectivity index (χ1) is 8.13. The van der Waals surface area contributed by atoms with Crippen LogP contribution < -0.4 is 5.32 Å². The van der Waals surface area contributed by atoms with Crippen molar-refractivity contribution in [2.45, 2.75) is 39.8 Å². The largest absolute Gasteiger partial charge is 0.310 e. The molecule has 0 aromatic heterocycles. The molecule has 1 atom stereocenters. The van der Waals surface area contributed by atoms with Crippen LogP contribution in [0, 0.1) is 12.7 Å². The summed E-state index contributed by atoms with van der Waals surface area (Å²) in [6, 6.07) is 5.82. The van der Waals surface area contributed by atoms with Crippen molar-refractivity contribution in [1.29, 1.82) is 0 Å². The van der Waals surface area contributed by atoms with Gasteiger partial charge in [0.1, 0.15) is 5.82 Å². The molecule has 0 radical (unpaired) electrons. The van der Waals surface area contributed by atoms with Crippen LogP contribution in [0.3, 0.4) is 0 Å². The van der Waals surface area contributed by atoms with Crippen LogP contribution in [0.5, 0.6) is 0 Å². The van der Waals surface area contributed by atoms with Gasteiger partial charge in [-0.2, -0.15) is 11.8 Å². The molecule has 17 heavy (non-hydrogen) atoms. The molecule has 1 unspecified atom stereocenters. The molecule has 0 saturated carbocycles. The van der Waals surface area contributed by atoms with Gasteiger partial charge in [-0.05, 0) is 49.0 Å². The third kappa shape index (κ3) is 5.55. The predicted molar refractivity (Wildman–Crippen MR) is 75.1 cm³/mol. The van der Waals surface area contributed by atoms with Gasteiger partial charge in [-0.3, -0.25) is 0 Å². The fraction of sp³-hybridized carbons (Fsp3) is 0.571. The molecule has 0 fully saturated rings. The second kappa shape index (κ2) is 7.72. The van der Waals surface area contributed by atoms with E-state index in [0.717, 1.165) is 17.7 Å². The van der Waals surface area contributed by atoms with Crippen molar-refractivity contribution in [3.8, 4) is 0 Å². The highest BCUT2D eigenvalue weighted by Gasteiger charge is 2.03. The molecule has 0 aliphatic rings. The lowest BCUT2D eigenvalue weighted by molar-refractivity contribution is 0.536. The number of hydrogen-bond acceptors (Lipinski definition) is 2. The first-order valence-corrected chi connectivity index (χ1v) is 7.35. The van der Waals surface area contributed by atoms with Gasteiger partial charge in [-0.1, -0.05) is 19.1 Å². The highest BCUT2D eigenvalue weighted by Crippen LogP contribution is 2.10. The third-order valence-electron chi connectivity index (χ3n) is 2.78. The van der Waals surface area contributed by atoms with Crippen molar-refractivity contribution < 1.29 is 4.39 Å². The zero-order valence-electron chi connectivity index (χ0n) is 10.9. The van der Waals surface area contributed by atoms with E-state index in [1.165, 1.54) is 17.9 Å². The maximum Gasteiger partial charge on any atom is 0.126 e. The monoisotopic (exact) mass is 255 g/mol. The Bertz CT molecular complexity index is 341. The molecule has 1 nitrogen and oxygen atoms in total.